The number of amides is 1. The molecule has 100 valence electrons. The number of hydrogen-bond acceptors (Lipinski definition) is 5. The fourth-order valence-corrected chi connectivity index (χ4v) is 2.19. The van der Waals surface area contributed by atoms with Crippen molar-refractivity contribution in [3.8, 4) is 6.07 Å². The summed E-state index contributed by atoms with van der Waals surface area (Å²) in [5, 5.41) is 20.9. The van der Waals surface area contributed by atoms with Crippen LogP contribution in [0.1, 0.15) is 18.4 Å². The first-order valence-electron chi connectivity index (χ1n) is 6.27. The van der Waals surface area contributed by atoms with E-state index in [2.05, 4.69) is 10.3 Å². The lowest BCUT2D eigenvalue weighted by atomic mass is 10.0. The smallest absolute Gasteiger partial charge is 0.245 e. The Morgan fingerprint density at radius 2 is 2.47 bits per heavy atom. The van der Waals surface area contributed by atoms with Crippen LogP contribution in [-0.2, 0) is 4.79 Å². The SMILES string of the molecule is N#Cc1cccnc1NC1CCCN(CCO)C1=O. The number of aliphatic hydroxyl groups is 1. The highest BCUT2D eigenvalue weighted by Gasteiger charge is 2.28. The molecule has 2 heterocycles. The van der Waals surface area contributed by atoms with Crippen molar-refractivity contribution in [3.63, 3.8) is 0 Å². The molecule has 6 heteroatoms. The Hall–Kier alpha value is -2.13. The lowest BCUT2D eigenvalue weighted by molar-refractivity contribution is -0.134. The van der Waals surface area contributed by atoms with Crippen molar-refractivity contribution in [1.82, 2.24) is 9.88 Å². The molecule has 1 unspecified atom stereocenters. The normalized spacial score (nSPS) is 19.1. The van der Waals surface area contributed by atoms with Crippen molar-refractivity contribution in [2.75, 3.05) is 25.0 Å². The van der Waals surface area contributed by atoms with Gasteiger partial charge in [-0.1, -0.05) is 0 Å². The van der Waals surface area contributed by atoms with Crippen LogP contribution in [-0.4, -0.2) is 46.6 Å². The highest BCUT2D eigenvalue weighted by atomic mass is 16.3. The predicted molar refractivity (Wildman–Crippen MR) is 69.3 cm³/mol. The second-order valence-electron chi connectivity index (χ2n) is 4.40. The van der Waals surface area contributed by atoms with E-state index in [-0.39, 0.29) is 18.6 Å². The van der Waals surface area contributed by atoms with Crippen LogP contribution < -0.4 is 5.32 Å². The molecule has 1 amide bonds. The van der Waals surface area contributed by atoms with Gasteiger partial charge in [-0.2, -0.15) is 5.26 Å². The average molecular weight is 260 g/mol. The zero-order valence-corrected chi connectivity index (χ0v) is 10.5. The van der Waals surface area contributed by atoms with Gasteiger partial charge in [0.2, 0.25) is 5.91 Å². The summed E-state index contributed by atoms with van der Waals surface area (Å²) in [4.78, 5) is 17.9. The van der Waals surface area contributed by atoms with Crippen LogP contribution in [0.5, 0.6) is 0 Å². The number of piperidine rings is 1. The highest BCUT2D eigenvalue weighted by molar-refractivity contribution is 5.85. The number of rotatable bonds is 4. The van der Waals surface area contributed by atoms with E-state index in [1.165, 1.54) is 0 Å². The van der Waals surface area contributed by atoms with Crippen LogP contribution in [0, 0.1) is 11.3 Å². The predicted octanol–water partition coefficient (Wildman–Crippen LogP) is 0.348. The molecule has 6 nitrogen and oxygen atoms in total. The highest BCUT2D eigenvalue weighted by Crippen LogP contribution is 2.18. The molecule has 0 bridgehead atoms. The monoisotopic (exact) mass is 260 g/mol. The van der Waals surface area contributed by atoms with E-state index in [1.54, 1.807) is 23.2 Å². The fourth-order valence-electron chi connectivity index (χ4n) is 2.19. The van der Waals surface area contributed by atoms with E-state index in [9.17, 15) is 4.79 Å². The quantitative estimate of drug-likeness (QED) is 0.815. The summed E-state index contributed by atoms with van der Waals surface area (Å²) in [7, 11) is 0. The second kappa shape index (κ2) is 6.16. The van der Waals surface area contributed by atoms with E-state index in [4.69, 9.17) is 10.4 Å². The van der Waals surface area contributed by atoms with Gasteiger partial charge in [0.1, 0.15) is 17.9 Å². The van der Waals surface area contributed by atoms with Crippen LogP contribution >= 0.6 is 0 Å². The number of aromatic nitrogens is 1. The Balaban J connectivity index is 2.10. The van der Waals surface area contributed by atoms with E-state index in [0.717, 1.165) is 6.42 Å². The van der Waals surface area contributed by atoms with Gasteiger partial charge in [-0.3, -0.25) is 4.79 Å². The Morgan fingerprint density at radius 1 is 1.63 bits per heavy atom. The van der Waals surface area contributed by atoms with Gasteiger partial charge in [-0.05, 0) is 25.0 Å². The first-order chi connectivity index (χ1) is 9.26. The van der Waals surface area contributed by atoms with E-state index in [0.29, 0.717) is 30.9 Å². The van der Waals surface area contributed by atoms with E-state index in [1.807, 2.05) is 6.07 Å². The molecule has 1 aliphatic heterocycles. The summed E-state index contributed by atoms with van der Waals surface area (Å²) in [5.41, 5.74) is 0.426. The Morgan fingerprint density at radius 3 is 3.21 bits per heavy atom. The van der Waals surface area contributed by atoms with Gasteiger partial charge in [0.15, 0.2) is 0 Å². The van der Waals surface area contributed by atoms with Crippen molar-refractivity contribution in [2.45, 2.75) is 18.9 Å². The number of nitriles is 1. The minimum Gasteiger partial charge on any atom is -0.395 e. The molecule has 1 aliphatic rings. The van der Waals surface area contributed by atoms with Gasteiger partial charge in [-0.25, -0.2) is 4.98 Å². The molecule has 2 N–H and O–H groups in total. The number of carbonyl (C=O) groups is 1. The van der Waals surface area contributed by atoms with Gasteiger partial charge >= 0.3 is 0 Å². The Kier molecular flexibility index (Phi) is 4.31. The maximum Gasteiger partial charge on any atom is 0.245 e. The molecule has 0 radical (unpaired) electrons. The van der Waals surface area contributed by atoms with Gasteiger partial charge < -0.3 is 15.3 Å². The molecule has 1 atom stereocenters. The summed E-state index contributed by atoms with van der Waals surface area (Å²) in [6, 6.07) is 5.02. The summed E-state index contributed by atoms with van der Waals surface area (Å²) in [6.45, 7) is 0.987. The van der Waals surface area contributed by atoms with Crippen LogP contribution in [0.25, 0.3) is 0 Å². The summed E-state index contributed by atoms with van der Waals surface area (Å²) >= 11 is 0. The number of hydrogen-bond donors (Lipinski definition) is 2. The topological polar surface area (TPSA) is 89.2 Å². The second-order valence-corrected chi connectivity index (χ2v) is 4.40. The van der Waals surface area contributed by atoms with Gasteiger partial charge in [-0.15, -0.1) is 0 Å². The molecule has 1 saturated heterocycles. The summed E-state index contributed by atoms with van der Waals surface area (Å²) in [5.74, 6) is 0.393. The maximum absolute atomic E-state index is 12.2. The lowest BCUT2D eigenvalue weighted by Gasteiger charge is -2.32. The van der Waals surface area contributed by atoms with Crippen molar-refractivity contribution >= 4 is 11.7 Å². The first-order valence-corrected chi connectivity index (χ1v) is 6.27. The summed E-state index contributed by atoms with van der Waals surface area (Å²) < 4.78 is 0. The molecule has 0 aliphatic carbocycles. The third-order valence-corrected chi connectivity index (χ3v) is 3.14. The van der Waals surface area contributed by atoms with Crippen molar-refractivity contribution in [2.24, 2.45) is 0 Å². The van der Waals surface area contributed by atoms with Crippen LogP contribution in [0.3, 0.4) is 0 Å². The molecule has 1 aromatic rings. The van der Waals surface area contributed by atoms with Gasteiger partial charge in [0.05, 0.1) is 12.2 Å². The van der Waals surface area contributed by atoms with Crippen molar-refractivity contribution < 1.29 is 9.90 Å². The number of pyridine rings is 1. The molecular weight excluding hydrogens is 244 g/mol. The van der Waals surface area contributed by atoms with Crippen LogP contribution in [0.15, 0.2) is 18.3 Å². The van der Waals surface area contributed by atoms with Gasteiger partial charge in [0.25, 0.3) is 0 Å². The number of carbonyl (C=O) groups excluding carboxylic acids is 1. The molecule has 2 rings (SSSR count). The molecule has 1 aromatic heterocycles. The van der Waals surface area contributed by atoms with Crippen LogP contribution in [0.2, 0.25) is 0 Å². The Labute approximate surface area is 111 Å². The average Bonchev–Trinajstić information content (AvgIpc) is 2.44. The number of aliphatic hydroxyl groups excluding tert-OH is 1. The van der Waals surface area contributed by atoms with Crippen molar-refractivity contribution in [1.29, 1.82) is 5.26 Å². The third kappa shape index (κ3) is 3.01. The van der Waals surface area contributed by atoms with E-state index < -0.39 is 0 Å². The fraction of sp³-hybridized carbons (Fsp3) is 0.462. The Bertz CT molecular complexity index is 496. The minimum absolute atomic E-state index is 0.0362. The van der Waals surface area contributed by atoms with Gasteiger partial charge in [0, 0.05) is 19.3 Å². The number of likely N-dealkylation sites (tertiary alicyclic amines) is 1. The molecule has 0 spiro atoms. The molecule has 19 heavy (non-hydrogen) atoms. The molecule has 0 saturated carbocycles. The lowest BCUT2D eigenvalue weighted by Crippen LogP contribution is -2.48. The minimum atomic E-state index is -0.373. The molecule has 0 aromatic carbocycles. The third-order valence-electron chi connectivity index (χ3n) is 3.14. The zero-order valence-electron chi connectivity index (χ0n) is 10.5. The zero-order chi connectivity index (χ0) is 13.7. The van der Waals surface area contributed by atoms with Crippen molar-refractivity contribution in [3.05, 3.63) is 23.9 Å². The molecular formula is C13H16N4O2. The summed E-state index contributed by atoms with van der Waals surface area (Å²) in [6.07, 6.45) is 3.17. The van der Waals surface area contributed by atoms with Crippen LogP contribution in [0.4, 0.5) is 5.82 Å². The largest absolute Gasteiger partial charge is 0.395 e. The maximum atomic E-state index is 12.2. The number of anilines is 1. The first kappa shape index (κ1) is 13.3. The standard InChI is InChI=1S/C13H16N4O2/c14-9-10-3-1-5-15-12(10)16-11-4-2-6-17(7-8-18)13(11)19/h1,3,5,11,18H,2,4,6-8H2,(H,15,16). The number of nitrogens with one attached hydrogen (secondary N) is 1. The molecule has 1 fully saturated rings. The number of nitrogens with zero attached hydrogens (tertiary/aromatic N) is 3. The van der Waals surface area contributed by atoms with E-state index >= 15 is 0 Å². The number of β-amino-alcohol motifs (C(OH)–C–C–N with tert-alkyl or cyclic N) is 1.